The second-order valence-corrected chi connectivity index (χ2v) is 3.98. The van der Waals surface area contributed by atoms with Crippen LogP contribution in [0.5, 0.6) is 5.75 Å². The van der Waals surface area contributed by atoms with Crippen LogP contribution in [0.3, 0.4) is 0 Å². The summed E-state index contributed by atoms with van der Waals surface area (Å²) in [6.45, 7) is -0.198. The van der Waals surface area contributed by atoms with Crippen LogP contribution in [0.1, 0.15) is 16.2 Å². The Balaban J connectivity index is 1.95. The molecule has 0 aliphatic rings. The third kappa shape index (κ3) is 3.63. The van der Waals surface area contributed by atoms with Crippen molar-refractivity contribution in [1.29, 1.82) is 5.26 Å². The zero-order valence-corrected chi connectivity index (χ0v) is 11.1. The van der Waals surface area contributed by atoms with E-state index in [1.54, 1.807) is 30.3 Å². The summed E-state index contributed by atoms with van der Waals surface area (Å²) in [6, 6.07) is 8.08. The monoisotopic (exact) mass is 285 g/mol. The summed E-state index contributed by atoms with van der Waals surface area (Å²) in [5, 5.41) is 14.5. The summed E-state index contributed by atoms with van der Waals surface area (Å²) in [6.07, 6.45) is 1.25. The molecule has 2 rings (SSSR count). The van der Waals surface area contributed by atoms with E-state index in [1.165, 1.54) is 18.1 Å². The van der Waals surface area contributed by atoms with Gasteiger partial charge in [-0.25, -0.2) is 9.67 Å². The summed E-state index contributed by atoms with van der Waals surface area (Å²) in [4.78, 5) is 27.2. The zero-order valence-electron chi connectivity index (χ0n) is 11.1. The Labute approximate surface area is 120 Å². The van der Waals surface area contributed by atoms with Gasteiger partial charge in [0.15, 0.2) is 0 Å². The maximum atomic E-state index is 11.8. The van der Waals surface area contributed by atoms with Crippen molar-refractivity contribution in [2.24, 2.45) is 0 Å². The molecule has 1 aromatic heterocycles. The van der Waals surface area contributed by atoms with E-state index in [9.17, 15) is 9.59 Å². The van der Waals surface area contributed by atoms with Gasteiger partial charge in [-0.1, -0.05) is 0 Å². The van der Waals surface area contributed by atoms with E-state index in [0.29, 0.717) is 11.3 Å². The first-order valence-electron chi connectivity index (χ1n) is 5.90. The molecule has 8 nitrogen and oxygen atoms in total. The number of hydrogen-bond donors (Lipinski definition) is 1. The first-order valence-corrected chi connectivity index (χ1v) is 5.90. The molecule has 0 unspecified atom stereocenters. The number of methoxy groups -OCH3 is 1. The van der Waals surface area contributed by atoms with Gasteiger partial charge in [0.1, 0.15) is 24.7 Å². The molecule has 1 aromatic carbocycles. The quantitative estimate of drug-likeness (QED) is 0.854. The number of nitriles is 1. The SMILES string of the molecule is COc1ccc(C(=O)NC(=O)Cn2cnc(C#N)n2)cc1. The van der Waals surface area contributed by atoms with E-state index >= 15 is 0 Å². The maximum absolute atomic E-state index is 11.8. The number of rotatable bonds is 4. The van der Waals surface area contributed by atoms with Crippen molar-refractivity contribution in [3.63, 3.8) is 0 Å². The number of amides is 2. The number of imide groups is 1. The van der Waals surface area contributed by atoms with E-state index in [4.69, 9.17) is 10.00 Å². The minimum atomic E-state index is -0.551. The Morgan fingerprint density at radius 3 is 2.67 bits per heavy atom. The van der Waals surface area contributed by atoms with E-state index in [0.717, 1.165) is 0 Å². The van der Waals surface area contributed by atoms with Crippen LogP contribution in [0.15, 0.2) is 30.6 Å². The molecule has 0 saturated heterocycles. The van der Waals surface area contributed by atoms with Gasteiger partial charge in [-0.15, -0.1) is 5.10 Å². The molecule has 0 saturated carbocycles. The Morgan fingerprint density at radius 2 is 2.10 bits per heavy atom. The highest BCUT2D eigenvalue weighted by molar-refractivity contribution is 6.04. The highest BCUT2D eigenvalue weighted by Crippen LogP contribution is 2.10. The van der Waals surface area contributed by atoms with E-state index < -0.39 is 11.8 Å². The number of aromatic nitrogens is 3. The summed E-state index contributed by atoms with van der Waals surface area (Å²) in [5.74, 6) is -0.498. The number of hydrogen-bond acceptors (Lipinski definition) is 6. The molecule has 0 spiro atoms. The molecule has 0 aliphatic heterocycles. The smallest absolute Gasteiger partial charge is 0.257 e. The average molecular weight is 285 g/mol. The number of ether oxygens (including phenoxy) is 1. The lowest BCUT2D eigenvalue weighted by molar-refractivity contribution is -0.120. The Hall–Kier alpha value is -3.21. The van der Waals surface area contributed by atoms with Gasteiger partial charge in [0.2, 0.25) is 5.91 Å². The Bertz CT molecular complexity index is 699. The van der Waals surface area contributed by atoms with Crippen molar-refractivity contribution in [2.45, 2.75) is 6.54 Å². The Kier molecular flexibility index (Phi) is 4.26. The van der Waals surface area contributed by atoms with Crippen molar-refractivity contribution in [3.05, 3.63) is 42.0 Å². The van der Waals surface area contributed by atoms with E-state index in [2.05, 4.69) is 15.4 Å². The second-order valence-electron chi connectivity index (χ2n) is 3.98. The topological polar surface area (TPSA) is 110 Å². The molecule has 0 atom stereocenters. The second kappa shape index (κ2) is 6.29. The predicted octanol–water partition coefficient (Wildman–Crippen LogP) is 0.115. The normalized spacial score (nSPS) is 9.71. The van der Waals surface area contributed by atoms with Gasteiger partial charge in [0.25, 0.3) is 11.7 Å². The van der Waals surface area contributed by atoms with Gasteiger partial charge in [-0.05, 0) is 24.3 Å². The fraction of sp³-hybridized carbons (Fsp3) is 0.154. The highest BCUT2D eigenvalue weighted by Gasteiger charge is 2.11. The van der Waals surface area contributed by atoms with Crippen LogP contribution in [0, 0.1) is 11.3 Å². The minimum absolute atomic E-state index is 0.0377. The number of carbonyl (C=O) groups excluding carboxylic acids is 2. The highest BCUT2D eigenvalue weighted by atomic mass is 16.5. The van der Waals surface area contributed by atoms with Crippen LogP contribution in [0.25, 0.3) is 0 Å². The number of carbonyl (C=O) groups is 2. The first-order chi connectivity index (χ1) is 10.1. The van der Waals surface area contributed by atoms with Crippen LogP contribution in [0.2, 0.25) is 0 Å². The summed E-state index contributed by atoms with van der Waals surface area (Å²) in [7, 11) is 1.52. The zero-order chi connectivity index (χ0) is 15.2. The van der Waals surface area contributed by atoms with Gasteiger partial charge < -0.3 is 4.74 Å². The lowest BCUT2D eigenvalue weighted by Crippen LogP contribution is -2.33. The lowest BCUT2D eigenvalue weighted by atomic mass is 10.2. The molecular formula is C13H11N5O3. The largest absolute Gasteiger partial charge is 0.497 e. The molecule has 0 aliphatic carbocycles. The molecule has 106 valence electrons. The van der Waals surface area contributed by atoms with Crippen LogP contribution in [-0.4, -0.2) is 33.7 Å². The van der Waals surface area contributed by atoms with Gasteiger partial charge in [-0.2, -0.15) is 5.26 Å². The molecule has 1 N–H and O–H groups in total. The Morgan fingerprint density at radius 1 is 1.38 bits per heavy atom. The summed E-state index contributed by atoms with van der Waals surface area (Å²) >= 11 is 0. The fourth-order valence-corrected chi connectivity index (χ4v) is 1.55. The van der Waals surface area contributed by atoms with Gasteiger partial charge >= 0.3 is 0 Å². The van der Waals surface area contributed by atoms with Crippen LogP contribution in [0.4, 0.5) is 0 Å². The van der Waals surface area contributed by atoms with Gasteiger partial charge in [-0.3, -0.25) is 14.9 Å². The number of nitrogens with one attached hydrogen (secondary N) is 1. The molecular weight excluding hydrogens is 274 g/mol. The number of nitrogens with zero attached hydrogens (tertiary/aromatic N) is 4. The van der Waals surface area contributed by atoms with Crippen LogP contribution < -0.4 is 10.1 Å². The molecule has 0 bridgehead atoms. The molecule has 0 fully saturated rings. The molecule has 8 heteroatoms. The van der Waals surface area contributed by atoms with Crippen LogP contribution in [-0.2, 0) is 11.3 Å². The fourth-order valence-electron chi connectivity index (χ4n) is 1.55. The molecule has 1 heterocycles. The molecule has 21 heavy (non-hydrogen) atoms. The average Bonchev–Trinajstić information content (AvgIpc) is 2.94. The molecule has 2 aromatic rings. The van der Waals surface area contributed by atoms with Crippen molar-refractivity contribution in [3.8, 4) is 11.8 Å². The predicted molar refractivity (Wildman–Crippen MR) is 70.2 cm³/mol. The van der Waals surface area contributed by atoms with Crippen molar-refractivity contribution in [2.75, 3.05) is 7.11 Å². The third-order valence-corrected chi connectivity index (χ3v) is 2.55. The molecule has 2 amide bonds. The van der Waals surface area contributed by atoms with Crippen molar-refractivity contribution in [1.82, 2.24) is 20.1 Å². The van der Waals surface area contributed by atoms with E-state index in [-0.39, 0.29) is 12.4 Å². The standard InChI is InChI=1S/C13H11N5O3/c1-21-10-4-2-9(3-5-10)13(20)16-12(19)7-18-8-15-11(6-14)17-18/h2-5,8H,7H2,1H3,(H,16,19,20). The van der Waals surface area contributed by atoms with E-state index in [1.807, 2.05) is 0 Å². The maximum Gasteiger partial charge on any atom is 0.257 e. The van der Waals surface area contributed by atoms with Crippen LogP contribution >= 0.6 is 0 Å². The van der Waals surface area contributed by atoms with Gasteiger partial charge in [0, 0.05) is 5.56 Å². The first kappa shape index (κ1) is 14.2. The van der Waals surface area contributed by atoms with Crippen molar-refractivity contribution >= 4 is 11.8 Å². The summed E-state index contributed by atoms with van der Waals surface area (Å²) in [5.41, 5.74) is 0.334. The van der Waals surface area contributed by atoms with Gasteiger partial charge in [0.05, 0.1) is 7.11 Å². The molecule has 0 radical (unpaired) electrons. The lowest BCUT2D eigenvalue weighted by Gasteiger charge is -2.05. The summed E-state index contributed by atoms with van der Waals surface area (Å²) < 4.78 is 6.15. The van der Waals surface area contributed by atoms with Crippen molar-refractivity contribution < 1.29 is 14.3 Å². The number of benzene rings is 1. The minimum Gasteiger partial charge on any atom is -0.497 e. The third-order valence-electron chi connectivity index (χ3n) is 2.55.